The van der Waals surface area contributed by atoms with Gasteiger partial charge in [-0.05, 0) is 37.6 Å². The van der Waals surface area contributed by atoms with Crippen LogP contribution in [0, 0.1) is 11.8 Å². The van der Waals surface area contributed by atoms with Crippen molar-refractivity contribution in [1.82, 2.24) is 15.5 Å². The van der Waals surface area contributed by atoms with Crippen molar-refractivity contribution < 1.29 is 9.59 Å². The summed E-state index contributed by atoms with van der Waals surface area (Å²) in [6.45, 7) is 5.06. The summed E-state index contributed by atoms with van der Waals surface area (Å²) in [5.41, 5.74) is 0. The molecule has 1 aliphatic heterocycles. The molecular formula is C16H29N3O2. The van der Waals surface area contributed by atoms with Crippen molar-refractivity contribution in [3.63, 3.8) is 0 Å². The molecule has 0 radical (unpaired) electrons. The van der Waals surface area contributed by atoms with Gasteiger partial charge in [0.1, 0.15) is 0 Å². The Hall–Kier alpha value is -1.10. The maximum atomic E-state index is 11.9. The number of piperidine rings is 1. The zero-order valence-electron chi connectivity index (χ0n) is 13.2. The van der Waals surface area contributed by atoms with Crippen molar-refractivity contribution in [3.8, 4) is 0 Å². The fourth-order valence-corrected chi connectivity index (χ4v) is 3.61. The Bertz CT molecular complexity index is 359. The van der Waals surface area contributed by atoms with E-state index in [0.717, 1.165) is 37.8 Å². The zero-order chi connectivity index (χ0) is 15.1. The highest BCUT2D eigenvalue weighted by Crippen LogP contribution is 2.35. The van der Waals surface area contributed by atoms with E-state index in [9.17, 15) is 9.59 Å². The van der Waals surface area contributed by atoms with Crippen molar-refractivity contribution in [2.75, 3.05) is 26.2 Å². The normalized spacial score (nSPS) is 26.0. The quantitative estimate of drug-likeness (QED) is 0.764. The fourth-order valence-electron chi connectivity index (χ4n) is 3.61. The van der Waals surface area contributed by atoms with Gasteiger partial charge in [0.2, 0.25) is 5.91 Å². The monoisotopic (exact) mass is 295 g/mol. The Kier molecular flexibility index (Phi) is 6.49. The third-order valence-electron chi connectivity index (χ3n) is 4.81. The SMILES string of the molecule is CCCCNC(=O)NC(=O)CN1CC[C@@H]2CCCC[C@@H]2C1. The van der Waals surface area contributed by atoms with E-state index in [-0.39, 0.29) is 11.9 Å². The standard InChI is InChI=1S/C16H29N3O2/c1-2-3-9-17-16(21)18-15(20)12-19-10-8-13-6-4-5-7-14(13)11-19/h13-14H,2-12H2,1H3,(H2,17,18,20,21)/t13-,14+/m0/s1. The lowest BCUT2D eigenvalue weighted by Crippen LogP contribution is -2.48. The molecule has 1 saturated carbocycles. The minimum atomic E-state index is -0.360. The lowest BCUT2D eigenvalue weighted by Gasteiger charge is -2.41. The summed E-state index contributed by atoms with van der Waals surface area (Å²) in [4.78, 5) is 25.6. The summed E-state index contributed by atoms with van der Waals surface area (Å²) in [6.07, 6.45) is 8.56. The van der Waals surface area contributed by atoms with Crippen LogP contribution in [-0.2, 0) is 4.79 Å². The number of hydrogen-bond acceptors (Lipinski definition) is 3. The van der Waals surface area contributed by atoms with E-state index in [0.29, 0.717) is 13.1 Å². The van der Waals surface area contributed by atoms with Crippen LogP contribution >= 0.6 is 0 Å². The van der Waals surface area contributed by atoms with E-state index >= 15 is 0 Å². The summed E-state index contributed by atoms with van der Waals surface area (Å²) < 4.78 is 0. The first-order chi connectivity index (χ1) is 10.2. The van der Waals surface area contributed by atoms with Gasteiger partial charge in [0.25, 0.3) is 0 Å². The van der Waals surface area contributed by atoms with Crippen LogP contribution in [0.25, 0.3) is 0 Å². The van der Waals surface area contributed by atoms with Gasteiger partial charge in [-0.25, -0.2) is 4.79 Å². The maximum Gasteiger partial charge on any atom is 0.321 e. The molecule has 2 atom stereocenters. The van der Waals surface area contributed by atoms with E-state index in [4.69, 9.17) is 0 Å². The fraction of sp³-hybridized carbons (Fsp3) is 0.875. The van der Waals surface area contributed by atoms with Gasteiger partial charge in [0.15, 0.2) is 0 Å². The number of likely N-dealkylation sites (tertiary alicyclic amines) is 1. The number of carbonyl (C=O) groups is 2. The van der Waals surface area contributed by atoms with Gasteiger partial charge in [0, 0.05) is 13.1 Å². The average molecular weight is 295 g/mol. The molecule has 0 aromatic rings. The Morgan fingerprint density at radius 3 is 2.67 bits per heavy atom. The number of fused-ring (bicyclic) bond motifs is 1. The number of imide groups is 1. The molecule has 1 saturated heterocycles. The average Bonchev–Trinajstić information content (AvgIpc) is 2.47. The minimum absolute atomic E-state index is 0.182. The molecule has 0 unspecified atom stereocenters. The van der Waals surface area contributed by atoms with Crippen LogP contribution in [0.4, 0.5) is 4.79 Å². The zero-order valence-corrected chi connectivity index (χ0v) is 13.2. The molecule has 0 aromatic carbocycles. The van der Waals surface area contributed by atoms with Gasteiger partial charge in [-0.2, -0.15) is 0 Å². The first-order valence-electron chi connectivity index (χ1n) is 8.49. The second kappa shape index (κ2) is 8.37. The van der Waals surface area contributed by atoms with E-state index in [1.807, 2.05) is 0 Å². The second-order valence-electron chi connectivity index (χ2n) is 6.49. The second-order valence-corrected chi connectivity index (χ2v) is 6.49. The largest absolute Gasteiger partial charge is 0.338 e. The summed E-state index contributed by atoms with van der Waals surface area (Å²) in [7, 11) is 0. The number of rotatable bonds is 5. The van der Waals surface area contributed by atoms with E-state index in [2.05, 4.69) is 22.5 Å². The van der Waals surface area contributed by atoms with Gasteiger partial charge >= 0.3 is 6.03 Å². The highest BCUT2D eigenvalue weighted by atomic mass is 16.2. The highest BCUT2D eigenvalue weighted by Gasteiger charge is 2.31. The molecule has 21 heavy (non-hydrogen) atoms. The van der Waals surface area contributed by atoms with E-state index in [1.165, 1.54) is 32.1 Å². The maximum absolute atomic E-state index is 11.9. The Labute approximate surface area is 127 Å². The van der Waals surface area contributed by atoms with Gasteiger partial charge in [-0.15, -0.1) is 0 Å². The Balaban J connectivity index is 1.67. The Morgan fingerprint density at radius 2 is 1.90 bits per heavy atom. The number of hydrogen-bond donors (Lipinski definition) is 2. The summed E-state index contributed by atoms with van der Waals surface area (Å²) in [5, 5.41) is 5.14. The van der Waals surface area contributed by atoms with Gasteiger partial charge in [-0.1, -0.05) is 32.6 Å². The van der Waals surface area contributed by atoms with E-state index in [1.54, 1.807) is 0 Å². The van der Waals surface area contributed by atoms with Gasteiger partial charge < -0.3 is 5.32 Å². The number of carbonyl (C=O) groups excluding carboxylic acids is 2. The number of urea groups is 1. The van der Waals surface area contributed by atoms with Crippen LogP contribution in [-0.4, -0.2) is 43.0 Å². The molecule has 2 rings (SSSR count). The predicted molar refractivity (Wildman–Crippen MR) is 83.0 cm³/mol. The minimum Gasteiger partial charge on any atom is -0.338 e. The molecule has 1 heterocycles. The molecule has 1 aliphatic carbocycles. The first-order valence-corrected chi connectivity index (χ1v) is 8.49. The highest BCUT2D eigenvalue weighted by molar-refractivity contribution is 5.95. The third-order valence-corrected chi connectivity index (χ3v) is 4.81. The van der Waals surface area contributed by atoms with Crippen molar-refractivity contribution in [3.05, 3.63) is 0 Å². The summed E-state index contributed by atoms with van der Waals surface area (Å²) in [5.74, 6) is 1.45. The number of nitrogens with zero attached hydrogens (tertiary/aromatic N) is 1. The lowest BCUT2D eigenvalue weighted by atomic mass is 9.75. The molecule has 5 heteroatoms. The Morgan fingerprint density at radius 1 is 1.14 bits per heavy atom. The molecule has 120 valence electrons. The number of nitrogens with one attached hydrogen (secondary N) is 2. The van der Waals surface area contributed by atoms with Gasteiger partial charge in [0.05, 0.1) is 6.54 Å². The van der Waals surface area contributed by atoms with Crippen molar-refractivity contribution in [1.29, 1.82) is 0 Å². The summed E-state index contributed by atoms with van der Waals surface area (Å²) >= 11 is 0. The van der Waals surface area contributed by atoms with E-state index < -0.39 is 0 Å². The van der Waals surface area contributed by atoms with Crippen LogP contribution < -0.4 is 10.6 Å². The topological polar surface area (TPSA) is 61.4 Å². The molecule has 0 spiro atoms. The predicted octanol–water partition coefficient (Wildman–Crippen LogP) is 2.12. The molecule has 0 aromatic heterocycles. The van der Waals surface area contributed by atoms with Crippen molar-refractivity contribution in [2.45, 2.75) is 51.9 Å². The molecular weight excluding hydrogens is 266 g/mol. The number of unbranched alkanes of at least 4 members (excludes halogenated alkanes) is 1. The van der Waals surface area contributed by atoms with Crippen molar-refractivity contribution >= 4 is 11.9 Å². The van der Waals surface area contributed by atoms with Crippen LogP contribution in [0.2, 0.25) is 0 Å². The van der Waals surface area contributed by atoms with Crippen LogP contribution in [0.1, 0.15) is 51.9 Å². The van der Waals surface area contributed by atoms with Crippen LogP contribution in [0.3, 0.4) is 0 Å². The smallest absolute Gasteiger partial charge is 0.321 e. The lowest BCUT2D eigenvalue weighted by molar-refractivity contribution is -0.121. The molecule has 2 N–H and O–H groups in total. The van der Waals surface area contributed by atoms with Crippen molar-refractivity contribution in [2.24, 2.45) is 11.8 Å². The molecule has 0 bridgehead atoms. The molecule has 5 nitrogen and oxygen atoms in total. The molecule has 3 amide bonds. The molecule has 2 aliphatic rings. The van der Waals surface area contributed by atoms with Gasteiger partial charge in [-0.3, -0.25) is 15.0 Å². The van der Waals surface area contributed by atoms with Crippen LogP contribution in [0.15, 0.2) is 0 Å². The third kappa shape index (κ3) is 5.30. The summed E-state index contributed by atoms with van der Waals surface area (Å²) in [6, 6.07) is -0.360. The molecule has 2 fully saturated rings. The number of amides is 3. The van der Waals surface area contributed by atoms with Crippen LogP contribution in [0.5, 0.6) is 0 Å². The first kappa shape index (κ1) is 16.3.